The molecule has 0 aliphatic carbocycles. The number of nitrogens with zero attached hydrogens (tertiary/aromatic N) is 3. The van der Waals surface area contributed by atoms with Gasteiger partial charge in [0, 0.05) is 17.8 Å². The second-order valence-electron chi connectivity index (χ2n) is 4.87. The molecule has 2 aromatic rings. The normalized spacial score (nSPS) is 12.8. The van der Waals surface area contributed by atoms with Gasteiger partial charge < -0.3 is 9.47 Å². The standard InChI is InChI=1S/C14H10F7N3O2/c1-25-10-5-22-7-24-9(10)6-26-11-3-2-8(4-23-11)12(15,13(16,17)18)14(19,20)21/h2-5,7H,6H2,1H3. The maximum Gasteiger partial charge on any atom is 0.436 e. The number of aromatic nitrogens is 3. The summed E-state index contributed by atoms with van der Waals surface area (Å²) in [6, 6.07) is 0.995. The summed E-state index contributed by atoms with van der Waals surface area (Å²) in [6.45, 7) is -0.253. The number of rotatable bonds is 5. The van der Waals surface area contributed by atoms with E-state index in [0.717, 1.165) is 0 Å². The second-order valence-corrected chi connectivity index (χ2v) is 4.87. The highest BCUT2D eigenvalue weighted by Crippen LogP contribution is 2.53. The number of ether oxygens (including phenoxy) is 2. The van der Waals surface area contributed by atoms with Crippen LogP contribution in [-0.2, 0) is 12.3 Å². The van der Waals surface area contributed by atoms with Crippen LogP contribution < -0.4 is 9.47 Å². The summed E-state index contributed by atoms with van der Waals surface area (Å²) in [4.78, 5) is 10.8. The van der Waals surface area contributed by atoms with Gasteiger partial charge >= 0.3 is 18.0 Å². The first-order valence-electron chi connectivity index (χ1n) is 6.75. The van der Waals surface area contributed by atoms with Gasteiger partial charge in [-0.15, -0.1) is 0 Å². The fourth-order valence-electron chi connectivity index (χ4n) is 1.92. The maximum atomic E-state index is 13.9. The summed E-state index contributed by atoms with van der Waals surface area (Å²) < 4.78 is 99.9. The van der Waals surface area contributed by atoms with Gasteiger partial charge in [0.15, 0.2) is 5.75 Å². The fraction of sp³-hybridized carbons (Fsp3) is 0.357. The zero-order valence-corrected chi connectivity index (χ0v) is 12.9. The molecular weight excluding hydrogens is 375 g/mol. The van der Waals surface area contributed by atoms with E-state index >= 15 is 0 Å². The van der Waals surface area contributed by atoms with E-state index in [1.807, 2.05) is 0 Å². The van der Waals surface area contributed by atoms with Gasteiger partial charge in [0.2, 0.25) is 5.88 Å². The second kappa shape index (κ2) is 6.92. The summed E-state index contributed by atoms with van der Waals surface area (Å²) in [5.41, 5.74) is -6.98. The van der Waals surface area contributed by atoms with Crippen molar-refractivity contribution in [3.63, 3.8) is 0 Å². The SMILES string of the molecule is COc1cncnc1COc1ccc(C(F)(C(F)(F)F)C(F)(F)F)cn1. The Labute approximate surface area is 141 Å². The van der Waals surface area contributed by atoms with Gasteiger partial charge in [-0.05, 0) is 6.07 Å². The quantitative estimate of drug-likeness (QED) is 0.734. The Kier molecular flexibility index (Phi) is 5.23. The average molecular weight is 385 g/mol. The smallest absolute Gasteiger partial charge is 0.436 e. The fourth-order valence-corrected chi connectivity index (χ4v) is 1.92. The van der Waals surface area contributed by atoms with Gasteiger partial charge in [0.1, 0.15) is 18.6 Å². The van der Waals surface area contributed by atoms with Gasteiger partial charge in [-0.2, -0.15) is 26.3 Å². The monoisotopic (exact) mass is 385 g/mol. The molecule has 0 spiro atoms. The van der Waals surface area contributed by atoms with Crippen molar-refractivity contribution < 1.29 is 40.2 Å². The van der Waals surface area contributed by atoms with E-state index in [1.165, 1.54) is 19.6 Å². The highest BCUT2D eigenvalue weighted by molar-refractivity contribution is 5.28. The van der Waals surface area contributed by atoms with E-state index in [4.69, 9.17) is 9.47 Å². The van der Waals surface area contributed by atoms with Crippen LogP contribution in [-0.4, -0.2) is 34.4 Å². The topological polar surface area (TPSA) is 57.1 Å². The Morgan fingerprint density at radius 2 is 1.58 bits per heavy atom. The van der Waals surface area contributed by atoms with E-state index in [2.05, 4.69) is 15.0 Å². The van der Waals surface area contributed by atoms with Crippen molar-refractivity contribution in [2.75, 3.05) is 7.11 Å². The van der Waals surface area contributed by atoms with E-state index in [1.54, 1.807) is 0 Å². The van der Waals surface area contributed by atoms with Crippen LogP contribution in [0.25, 0.3) is 0 Å². The number of methoxy groups -OCH3 is 1. The molecule has 2 rings (SSSR count). The first-order chi connectivity index (χ1) is 12.0. The molecule has 2 aromatic heterocycles. The van der Waals surface area contributed by atoms with E-state index < -0.39 is 23.6 Å². The Hall–Kier alpha value is -2.66. The molecule has 142 valence electrons. The average Bonchev–Trinajstić information content (AvgIpc) is 2.58. The summed E-state index contributed by atoms with van der Waals surface area (Å²) in [5.74, 6) is -0.0813. The third-order valence-corrected chi connectivity index (χ3v) is 3.25. The summed E-state index contributed by atoms with van der Waals surface area (Å²) in [5, 5.41) is 0. The van der Waals surface area contributed by atoms with Crippen LogP contribution in [0.5, 0.6) is 11.6 Å². The minimum Gasteiger partial charge on any atom is -0.493 e. The van der Waals surface area contributed by atoms with Crippen LogP contribution in [0.15, 0.2) is 30.9 Å². The molecule has 0 amide bonds. The molecule has 0 aliphatic heterocycles. The van der Waals surface area contributed by atoms with Crippen LogP contribution in [0.2, 0.25) is 0 Å². The van der Waals surface area contributed by atoms with Crippen molar-refractivity contribution in [2.45, 2.75) is 24.6 Å². The molecule has 0 saturated heterocycles. The summed E-state index contributed by atoms with van der Waals surface area (Å²) in [6.07, 6.45) is -9.78. The van der Waals surface area contributed by atoms with Crippen molar-refractivity contribution in [1.82, 2.24) is 15.0 Å². The molecule has 0 saturated carbocycles. The summed E-state index contributed by atoms with van der Waals surface area (Å²) >= 11 is 0. The highest BCUT2D eigenvalue weighted by Gasteiger charge is 2.73. The molecule has 0 N–H and O–H groups in total. The molecule has 0 aromatic carbocycles. The number of alkyl halides is 7. The van der Waals surface area contributed by atoms with Crippen LogP contribution >= 0.6 is 0 Å². The van der Waals surface area contributed by atoms with Crippen molar-refractivity contribution in [2.24, 2.45) is 0 Å². The zero-order valence-electron chi connectivity index (χ0n) is 12.9. The highest BCUT2D eigenvalue weighted by atomic mass is 19.4. The molecule has 0 atom stereocenters. The van der Waals surface area contributed by atoms with Crippen molar-refractivity contribution in [3.8, 4) is 11.6 Å². The Morgan fingerprint density at radius 3 is 2.08 bits per heavy atom. The lowest BCUT2D eigenvalue weighted by Gasteiger charge is -2.29. The lowest BCUT2D eigenvalue weighted by atomic mass is 9.96. The van der Waals surface area contributed by atoms with Gasteiger partial charge in [-0.3, -0.25) is 0 Å². The van der Waals surface area contributed by atoms with Crippen LogP contribution in [0, 0.1) is 0 Å². The Balaban J connectivity index is 2.22. The molecule has 0 fully saturated rings. The predicted molar refractivity (Wildman–Crippen MR) is 72.0 cm³/mol. The minimum atomic E-state index is -6.20. The van der Waals surface area contributed by atoms with Gasteiger partial charge in [-0.25, -0.2) is 19.3 Å². The third-order valence-electron chi connectivity index (χ3n) is 3.25. The Bertz CT molecular complexity index is 733. The molecule has 26 heavy (non-hydrogen) atoms. The van der Waals surface area contributed by atoms with Crippen LogP contribution in [0.4, 0.5) is 30.7 Å². The molecule has 12 heteroatoms. The van der Waals surface area contributed by atoms with Crippen molar-refractivity contribution >= 4 is 0 Å². The molecule has 0 radical (unpaired) electrons. The number of hydrogen-bond donors (Lipinski definition) is 0. The van der Waals surface area contributed by atoms with E-state index in [0.29, 0.717) is 12.1 Å². The van der Waals surface area contributed by atoms with Gasteiger partial charge in [0.25, 0.3) is 0 Å². The molecule has 0 bridgehead atoms. The first-order valence-corrected chi connectivity index (χ1v) is 6.75. The van der Waals surface area contributed by atoms with Crippen LogP contribution in [0.3, 0.4) is 0 Å². The summed E-state index contributed by atoms with van der Waals surface area (Å²) in [7, 11) is 1.34. The van der Waals surface area contributed by atoms with Crippen molar-refractivity contribution in [3.05, 3.63) is 42.1 Å². The Morgan fingerprint density at radius 1 is 0.923 bits per heavy atom. The van der Waals surface area contributed by atoms with Gasteiger partial charge in [-0.1, -0.05) is 0 Å². The zero-order chi connectivity index (χ0) is 19.6. The number of halogens is 7. The molecule has 0 aliphatic rings. The van der Waals surface area contributed by atoms with Crippen LogP contribution in [0.1, 0.15) is 11.3 Å². The van der Waals surface area contributed by atoms with E-state index in [9.17, 15) is 30.7 Å². The third kappa shape index (κ3) is 3.63. The van der Waals surface area contributed by atoms with E-state index in [-0.39, 0.29) is 30.1 Å². The molecular formula is C14H10F7N3O2. The first kappa shape index (κ1) is 19.7. The van der Waals surface area contributed by atoms with Crippen molar-refractivity contribution in [1.29, 1.82) is 0 Å². The number of hydrogen-bond acceptors (Lipinski definition) is 5. The minimum absolute atomic E-state index is 0.119. The lowest BCUT2D eigenvalue weighted by molar-refractivity contribution is -0.348. The van der Waals surface area contributed by atoms with Gasteiger partial charge in [0.05, 0.1) is 13.3 Å². The molecule has 0 unspecified atom stereocenters. The lowest BCUT2D eigenvalue weighted by Crippen LogP contribution is -2.50. The molecule has 2 heterocycles. The maximum absolute atomic E-state index is 13.9. The molecule has 5 nitrogen and oxygen atoms in total. The number of pyridine rings is 1. The largest absolute Gasteiger partial charge is 0.493 e. The predicted octanol–water partition coefficient (Wildman–Crippen LogP) is 3.75.